The van der Waals surface area contributed by atoms with Gasteiger partial charge >= 0.3 is 5.97 Å². The van der Waals surface area contributed by atoms with E-state index in [4.69, 9.17) is 22.4 Å². The summed E-state index contributed by atoms with van der Waals surface area (Å²) >= 11 is 5.77. The lowest BCUT2D eigenvalue weighted by Crippen LogP contribution is -2.04. The Hall–Kier alpha value is -2.14. The van der Waals surface area contributed by atoms with Crippen molar-refractivity contribution in [3.63, 3.8) is 0 Å². The second kappa shape index (κ2) is 4.62. The van der Waals surface area contributed by atoms with Gasteiger partial charge in [-0.05, 0) is 24.3 Å². The summed E-state index contributed by atoms with van der Waals surface area (Å²) in [4.78, 5) is 14.7. The Balaban J connectivity index is 2.61. The van der Waals surface area contributed by atoms with Crippen LogP contribution in [0.1, 0.15) is 10.4 Å². The number of benzene rings is 1. The van der Waals surface area contributed by atoms with Crippen LogP contribution in [0.3, 0.4) is 0 Å². The third-order valence-corrected chi connectivity index (χ3v) is 2.62. The molecule has 2 rings (SSSR count). The number of hydrogen-bond donors (Lipinski definition) is 2. The van der Waals surface area contributed by atoms with Crippen LogP contribution in [0.25, 0.3) is 11.1 Å². The van der Waals surface area contributed by atoms with E-state index in [1.807, 2.05) is 0 Å². The van der Waals surface area contributed by atoms with Crippen LogP contribution in [0.4, 0.5) is 10.2 Å². The first-order valence-corrected chi connectivity index (χ1v) is 5.31. The first kappa shape index (κ1) is 12.3. The fourth-order valence-corrected chi connectivity index (χ4v) is 1.68. The zero-order chi connectivity index (χ0) is 13.3. The van der Waals surface area contributed by atoms with E-state index in [0.29, 0.717) is 10.6 Å². The smallest absolute Gasteiger partial charge is 0.339 e. The van der Waals surface area contributed by atoms with Crippen molar-refractivity contribution < 1.29 is 14.3 Å². The van der Waals surface area contributed by atoms with Crippen molar-refractivity contribution in [3.05, 3.63) is 46.9 Å². The van der Waals surface area contributed by atoms with Crippen molar-refractivity contribution >= 4 is 23.4 Å². The molecule has 0 radical (unpaired) electrons. The summed E-state index contributed by atoms with van der Waals surface area (Å²) in [6.45, 7) is 0. The van der Waals surface area contributed by atoms with Crippen LogP contribution in [-0.4, -0.2) is 16.1 Å². The number of aromatic nitrogens is 1. The number of carbonyl (C=O) groups is 1. The second-order valence-corrected chi connectivity index (χ2v) is 4.02. The van der Waals surface area contributed by atoms with Crippen molar-refractivity contribution in [2.45, 2.75) is 0 Å². The van der Waals surface area contributed by atoms with Gasteiger partial charge in [-0.15, -0.1) is 0 Å². The SMILES string of the molecule is Nc1ncc(-c2cc(Cl)ccc2F)cc1C(=O)O. The molecule has 0 aliphatic heterocycles. The van der Waals surface area contributed by atoms with Gasteiger partial charge in [0.1, 0.15) is 17.2 Å². The Morgan fingerprint density at radius 1 is 1.39 bits per heavy atom. The van der Waals surface area contributed by atoms with E-state index < -0.39 is 11.8 Å². The van der Waals surface area contributed by atoms with Gasteiger partial charge in [0.25, 0.3) is 0 Å². The summed E-state index contributed by atoms with van der Waals surface area (Å²) in [5.74, 6) is -1.85. The Morgan fingerprint density at radius 3 is 2.78 bits per heavy atom. The molecular formula is C12H8ClFN2O2. The first-order valence-electron chi connectivity index (χ1n) is 4.93. The number of hydrogen-bond acceptors (Lipinski definition) is 3. The number of anilines is 1. The van der Waals surface area contributed by atoms with Crippen molar-refractivity contribution in [3.8, 4) is 11.1 Å². The quantitative estimate of drug-likeness (QED) is 0.876. The van der Waals surface area contributed by atoms with Crippen LogP contribution in [0.5, 0.6) is 0 Å². The molecule has 3 N–H and O–H groups in total. The number of rotatable bonds is 2. The highest BCUT2D eigenvalue weighted by Crippen LogP contribution is 2.27. The zero-order valence-corrected chi connectivity index (χ0v) is 9.78. The minimum Gasteiger partial charge on any atom is -0.478 e. The van der Waals surface area contributed by atoms with Gasteiger partial charge in [-0.3, -0.25) is 0 Å². The van der Waals surface area contributed by atoms with Crippen LogP contribution in [-0.2, 0) is 0 Å². The second-order valence-electron chi connectivity index (χ2n) is 3.59. The lowest BCUT2D eigenvalue weighted by molar-refractivity contribution is 0.0697. The number of carboxylic acid groups (broad SMARTS) is 1. The van der Waals surface area contributed by atoms with E-state index >= 15 is 0 Å². The molecule has 0 saturated carbocycles. The summed E-state index contributed by atoms with van der Waals surface area (Å²) in [7, 11) is 0. The first-order chi connectivity index (χ1) is 8.49. The molecule has 0 fully saturated rings. The van der Waals surface area contributed by atoms with Gasteiger partial charge in [-0.25, -0.2) is 14.2 Å². The molecule has 0 atom stereocenters. The molecule has 1 aromatic carbocycles. The van der Waals surface area contributed by atoms with Crippen molar-refractivity contribution in [1.29, 1.82) is 0 Å². The van der Waals surface area contributed by atoms with E-state index in [2.05, 4.69) is 4.98 Å². The lowest BCUT2D eigenvalue weighted by atomic mass is 10.0. The van der Waals surface area contributed by atoms with Gasteiger partial charge < -0.3 is 10.8 Å². The molecule has 1 aromatic heterocycles. The fraction of sp³-hybridized carbons (Fsp3) is 0. The maximum absolute atomic E-state index is 13.6. The van der Waals surface area contributed by atoms with Crippen LogP contribution in [0.15, 0.2) is 30.5 Å². The van der Waals surface area contributed by atoms with Crippen molar-refractivity contribution in [2.24, 2.45) is 0 Å². The number of pyridine rings is 1. The maximum atomic E-state index is 13.6. The maximum Gasteiger partial charge on any atom is 0.339 e. The molecular weight excluding hydrogens is 259 g/mol. The summed E-state index contributed by atoms with van der Waals surface area (Å²) < 4.78 is 13.6. The Kier molecular flexibility index (Phi) is 3.16. The van der Waals surface area contributed by atoms with E-state index in [0.717, 1.165) is 0 Å². The number of nitrogens with zero attached hydrogens (tertiary/aromatic N) is 1. The van der Waals surface area contributed by atoms with E-state index in [1.165, 1.54) is 30.5 Å². The van der Waals surface area contributed by atoms with Crippen LogP contribution < -0.4 is 5.73 Å². The molecule has 0 aliphatic carbocycles. The Morgan fingerprint density at radius 2 is 2.11 bits per heavy atom. The molecule has 0 bridgehead atoms. The van der Waals surface area contributed by atoms with Crippen LogP contribution >= 0.6 is 11.6 Å². The predicted molar refractivity (Wildman–Crippen MR) is 66.0 cm³/mol. The molecule has 18 heavy (non-hydrogen) atoms. The number of nitrogens with two attached hydrogens (primary N) is 1. The van der Waals surface area contributed by atoms with E-state index in [9.17, 15) is 9.18 Å². The molecule has 0 saturated heterocycles. The molecule has 0 amide bonds. The fourth-order valence-electron chi connectivity index (χ4n) is 1.51. The van der Waals surface area contributed by atoms with E-state index in [1.54, 1.807) is 0 Å². The molecule has 92 valence electrons. The van der Waals surface area contributed by atoms with Crippen LogP contribution in [0.2, 0.25) is 5.02 Å². The molecule has 1 heterocycles. The van der Waals surface area contributed by atoms with Gasteiger partial charge in [-0.1, -0.05) is 11.6 Å². The lowest BCUT2D eigenvalue weighted by Gasteiger charge is -2.06. The molecule has 0 unspecified atom stereocenters. The summed E-state index contributed by atoms with van der Waals surface area (Å²) in [6, 6.07) is 5.27. The highest BCUT2D eigenvalue weighted by atomic mass is 35.5. The van der Waals surface area contributed by atoms with E-state index in [-0.39, 0.29) is 16.9 Å². The molecule has 0 aliphatic rings. The standard InChI is InChI=1S/C12H8ClFN2O2/c13-7-1-2-10(14)8(4-7)6-3-9(12(17)18)11(15)16-5-6/h1-5H,(H2,15,16)(H,17,18). The summed E-state index contributed by atoms with van der Waals surface area (Å²) in [5, 5.41) is 9.27. The normalized spacial score (nSPS) is 10.3. The van der Waals surface area contributed by atoms with Gasteiger partial charge in [0.05, 0.1) is 0 Å². The summed E-state index contributed by atoms with van der Waals surface area (Å²) in [6.07, 6.45) is 1.30. The molecule has 0 spiro atoms. The molecule has 4 nitrogen and oxygen atoms in total. The Bertz CT molecular complexity index is 631. The number of aromatic carboxylic acids is 1. The monoisotopic (exact) mass is 266 g/mol. The summed E-state index contributed by atoms with van der Waals surface area (Å²) in [5.41, 5.74) is 5.74. The number of nitrogen functional groups attached to an aromatic ring is 1. The minimum atomic E-state index is -1.22. The average Bonchev–Trinajstić information content (AvgIpc) is 2.33. The molecule has 2 aromatic rings. The largest absolute Gasteiger partial charge is 0.478 e. The third-order valence-electron chi connectivity index (χ3n) is 2.39. The van der Waals surface area contributed by atoms with Crippen LogP contribution in [0, 0.1) is 5.82 Å². The Labute approximate surface area is 107 Å². The van der Waals surface area contributed by atoms with Gasteiger partial charge in [0, 0.05) is 22.3 Å². The topological polar surface area (TPSA) is 76.2 Å². The number of halogens is 2. The highest BCUT2D eigenvalue weighted by molar-refractivity contribution is 6.30. The highest BCUT2D eigenvalue weighted by Gasteiger charge is 2.13. The van der Waals surface area contributed by atoms with Crippen molar-refractivity contribution in [1.82, 2.24) is 4.98 Å². The average molecular weight is 267 g/mol. The van der Waals surface area contributed by atoms with Gasteiger partial charge in [0.2, 0.25) is 0 Å². The zero-order valence-electron chi connectivity index (χ0n) is 9.02. The third kappa shape index (κ3) is 2.26. The number of carboxylic acids is 1. The minimum absolute atomic E-state index is 0.117. The van der Waals surface area contributed by atoms with Gasteiger partial charge in [0.15, 0.2) is 0 Å². The molecule has 6 heteroatoms. The van der Waals surface area contributed by atoms with Gasteiger partial charge in [-0.2, -0.15) is 0 Å². The van der Waals surface area contributed by atoms with Crippen molar-refractivity contribution in [2.75, 3.05) is 5.73 Å². The predicted octanol–water partition coefficient (Wildman–Crippen LogP) is 2.82.